The molecule has 6 heteroatoms. The van der Waals surface area contributed by atoms with Crippen LogP contribution in [-0.4, -0.2) is 28.5 Å². The summed E-state index contributed by atoms with van der Waals surface area (Å²) in [6, 6.07) is 5.29. The van der Waals surface area contributed by atoms with Gasteiger partial charge in [-0.25, -0.2) is 4.79 Å². The zero-order chi connectivity index (χ0) is 16.3. The Bertz CT molecular complexity index is 541. The molecule has 1 aliphatic rings. The molecule has 1 aromatic carbocycles. The van der Waals surface area contributed by atoms with E-state index in [9.17, 15) is 9.35 Å². The van der Waals surface area contributed by atoms with Gasteiger partial charge in [-0.15, -0.1) is 4.72 Å². The lowest BCUT2D eigenvalue weighted by atomic mass is 9.98. The molecule has 2 atom stereocenters. The van der Waals surface area contributed by atoms with Gasteiger partial charge in [-0.3, -0.25) is 0 Å². The van der Waals surface area contributed by atoms with Crippen molar-refractivity contribution >= 4 is 17.3 Å². The van der Waals surface area contributed by atoms with Crippen molar-refractivity contribution in [3.8, 4) is 5.75 Å². The highest BCUT2D eigenvalue weighted by atomic mass is 32.2. The first-order valence-corrected chi connectivity index (χ1v) is 8.60. The third-order valence-corrected chi connectivity index (χ3v) is 4.99. The number of carbonyl (C=O) groups excluding carboxylic acids is 1. The number of rotatable bonds is 4. The maximum absolute atomic E-state index is 12.3. The van der Waals surface area contributed by atoms with Crippen molar-refractivity contribution in [3.05, 3.63) is 29.3 Å². The van der Waals surface area contributed by atoms with Crippen molar-refractivity contribution in [3.63, 3.8) is 0 Å². The molecule has 0 saturated heterocycles. The average Bonchev–Trinajstić information content (AvgIpc) is 2.46. The quantitative estimate of drug-likeness (QED) is 0.681. The smallest absolute Gasteiger partial charge is 0.341 e. The van der Waals surface area contributed by atoms with Crippen LogP contribution >= 0.6 is 0 Å². The Kier molecular flexibility index (Phi) is 5.36. The number of carbonyl (C=O) groups is 1. The Labute approximate surface area is 134 Å². The second kappa shape index (κ2) is 6.89. The third-order valence-electron chi connectivity index (χ3n) is 3.37. The van der Waals surface area contributed by atoms with Crippen molar-refractivity contribution in [1.82, 2.24) is 4.72 Å². The van der Waals surface area contributed by atoms with Crippen LogP contribution in [0.4, 0.5) is 0 Å². The van der Waals surface area contributed by atoms with E-state index in [2.05, 4.69) is 4.72 Å². The van der Waals surface area contributed by atoms with Gasteiger partial charge >= 0.3 is 5.97 Å². The number of ether oxygens (including phenoxy) is 2. The first-order chi connectivity index (χ1) is 10.3. The van der Waals surface area contributed by atoms with Crippen LogP contribution in [0.2, 0.25) is 0 Å². The van der Waals surface area contributed by atoms with Crippen molar-refractivity contribution < 1.29 is 18.8 Å². The Hall–Kier alpha value is -1.24. The van der Waals surface area contributed by atoms with Gasteiger partial charge in [0.05, 0.1) is 19.3 Å². The molecule has 0 bridgehead atoms. The fourth-order valence-corrected chi connectivity index (χ4v) is 3.08. The maximum atomic E-state index is 12.3. The molecular weight excluding hydrogens is 302 g/mol. The molecule has 0 aromatic heterocycles. The normalized spacial score (nSPS) is 19.0. The van der Waals surface area contributed by atoms with E-state index in [0.717, 1.165) is 5.56 Å². The maximum Gasteiger partial charge on any atom is 0.341 e. The van der Waals surface area contributed by atoms with E-state index in [1.165, 1.54) is 0 Å². The molecule has 2 rings (SSSR count). The van der Waals surface area contributed by atoms with Gasteiger partial charge in [0, 0.05) is 23.3 Å². The van der Waals surface area contributed by atoms with E-state index >= 15 is 0 Å². The van der Waals surface area contributed by atoms with Crippen LogP contribution in [0.1, 0.15) is 56.1 Å². The van der Waals surface area contributed by atoms with Gasteiger partial charge in [-0.05, 0) is 33.8 Å². The summed E-state index contributed by atoms with van der Waals surface area (Å²) in [6.45, 7) is 8.33. The van der Waals surface area contributed by atoms with Crippen LogP contribution in [-0.2, 0) is 16.1 Å². The largest absolute Gasteiger partial charge is 0.598 e. The monoisotopic (exact) mass is 325 g/mol. The highest BCUT2D eigenvalue weighted by Crippen LogP contribution is 2.36. The Balaban J connectivity index is 2.28. The molecule has 1 heterocycles. The average molecular weight is 325 g/mol. The lowest BCUT2D eigenvalue weighted by Crippen LogP contribution is -2.42. The van der Waals surface area contributed by atoms with Crippen molar-refractivity contribution in [2.45, 2.75) is 44.9 Å². The zero-order valence-corrected chi connectivity index (χ0v) is 14.3. The fourth-order valence-electron chi connectivity index (χ4n) is 2.22. The summed E-state index contributed by atoms with van der Waals surface area (Å²) in [6.07, 6.45) is 0.709. The minimum Gasteiger partial charge on any atom is -0.598 e. The first-order valence-electron chi connectivity index (χ1n) is 7.45. The highest BCUT2D eigenvalue weighted by Gasteiger charge is 2.33. The molecule has 22 heavy (non-hydrogen) atoms. The predicted octanol–water partition coefficient (Wildman–Crippen LogP) is 2.74. The summed E-state index contributed by atoms with van der Waals surface area (Å²) in [7, 11) is 0. The van der Waals surface area contributed by atoms with Crippen LogP contribution in [0.25, 0.3) is 0 Å². The predicted molar refractivity (Wildman–Crippen MR) is 86.3 cm³/mol. The summed E-state index contributed by atoms with van der Waals surface area (Å²) in [5, 5.41) is 0. The lowest BCUT2D eigenvalue weighted by Gasteiger charge is -2.31. The van der Waals surface area contributed by atoms with E-state index in [1.807, 2.05) is 26.8 Å². The Morgan fingerprint density at radius 2 is 2.23 bits per heavy atom. The molecule has 122 valence electrons. The standard InChI is InChI=1S/C16H23NO4S/c1-5-20-15(18)12-8-6-7-11-13(9-10-21-14(11)12)17-22(19)16(2,3)4/h6-8,13,17H,5,9-10H2,1-4H3/t13-,22?/m0/s1. The van der Waals surface area contributed by atoms with E-state index in [0.29, 0.717) is 30.9 Å². The van der Waals surface area contributed by atoms with Crippen molar-refractivity contribution in [2.24, 2.45) is 0 Å². The van der Waals surface area contributed by atoms with Crippen LogP contribution in [0.3, 0.4) is 0 Å². The molecular formula is C16H23NO4S. The second-order valence-corrected chi connectivity index (χ2v) is 8.13. The minimum absolute atomic E-state index is 0.0989. The van der Waals surface area contributed by atoms with E-state index in [4.69, 9.17) is 9.47 Å². The van der Waals surface area contributed by atoms with E-state index < -0.39 is 17.3 Å². The number of fused-ring (bicyclic) bond motifs is 1. The van der Waals surface area contributed by atoms with Gasteiger partial charge in [-0.1, -0.05) is 12.1 Å². The number of benzene rings is 1. The van der Waals surface area contributed by atoms with Crippen LogP contribution in [0.5, 0.6) is 5.75 Å². The van der Waals surface area contributed by atoms with Gasteiger partial charge in [0.1, 0.15) is 16.1 Å². The Morgan fingerprint density at radius 3 is 2.86 bits per heavy atom. The molecule has 0 aliphatic carbocycles. The SMILES string of the molecule is CCOC(=O)c1cccc2c1OCC[C@@H]2N[S+]([O-])C(C)(C)C. The second-order valence-electron chi connectivity index (χ2n) is 6.13. The zero-order valence-electron chi connectivity index (χ0n) is 13.5. The molecule has 0 fully saturated rings. The number of esters is 1. The van der Waals surface area contributed by atoms with Crippen LogP contribution < -0.4 is 9.46 Å². The van der Waals surface area contributed by atoms with Gasteiger partial charge in [0.2, 0.25) is 0 Å². The van der Waals surface area contributed by atoms with Crippen molar-refractivity contribution in [1.29, 1.82) is 0 Å². The lowest BCUT2D eigenvalue weighted by molar-refractivity contribution is 0.0520. The van der Waals surface area contributed by atoms with Gasteiger partial charge in [-0.2, -0.15) is 0 Å². The van der Waals surface area contributed by atoms with Gasteiger partial charge < -0.3 is 14.0 Å². The molecule has 5 nitrogen and oxygen atoms in total. The summed E-state index contributed by atoms with van der Waals surface area (Å²) in [5.41, 5.74) is 1.28. The van der Waals surface area contributed by atoms with Crippen LogP contribution in [0.15, 0.2) is 18.2 Å². The highest BCUT2D eigenvalue weighted by molar-refractivity contribution is 7.90. The first kappa shape index (κ1) is 17.1. The molecule has 0 spiro atoms. The number of hydrogen-bond acceptors (Lipinski definition) is 5. The molecule has 1 N–H and O–H groups in total. The van der Waals surface area contributed by atoms with Gasteiger partial charge in [0.15, 0.2) is 0 Å². The third kappa shape index (κ3) is 3.74. The summed E-state index contributed by atoms with van der Waals surface area (Å²) in [4.78, 5) is 12.0. The molecule has 1 aliphatic heterocycles. The van der Waals surface area contributed by atoms with E-state index in [1.54, 1.807) is 19.1 Å². The molecule has 1 unspecified atom stereocenters. The minimum atomic E-state index is -1.18. The summed E-state index contributed by atoms with van der Waals surface area (Å²) < 4.78 is 25.9. The fraction of sp³-hybridized carbons (Fsp3) is 0.562. The topological polar surface area (TPSA) is 70.6 Å². The number of para-hydroxylation sites is 1. The molecule has 0 radical (unpaired) electrons. The summed E-state index contributed by atoms with van der Waals surface area (Å²) >= 11 is -1.18. The van der Waals surface area contributed by atoms with Gasteiger partial charge in [0.25, 0.3) is 0 Å². The number of hydrogen-bond donors (Lipinski definition) is 1. The Morgan fingerprint density at radius 1 is 1.50 bits per heavy atom. The van der Waals surface area contributed by atoms with E-state index in [-0.39, 0.29) is 10.8 Å². The number of nitrogens with one attached hydrogen (secondary N) is 1. The van der Waals surface area contributed by atoms with Crippen LogP contribution in [0, 0.1) is 0 Å². The molecule has 0 amide bonds. The van der Waals surface area contributed by atoms with Crippen molar-refractivity contribution in [2.75, 3.05) is 13.2 Å². The molecule has 0 saturated carbocycles. The summed E-state index contributed by atoms with van der Waals surface area (Å²) in [5.74, 6) is 0.146. The molecule has 1 aromatic rings.